The van der Waals surface area contributed by atoms with Crippen LogP contribution < -0.4 is 5.73 Å². The Hall–Kier alpha value is -0.900. The third kappa shape index (κ3) is 3.96. The monoisotopic (exact) mass is 317 g/mol. The lowest BCUT2D eigenvalue weighted by molar-refractivity contribution is 0.0424. The van der Waals surface area contributed by atoms with Gasteiger partial charge in [0, 0.05) is 12.1 Å². The van der Waals surface area contributed by atoms with Crippen molar-refractivity contribution in [3.8, 4) is 0 Å². The van der Waals surface area contributed by atoms with Crippen molar-refractivity contribution in [2.75, 3.05) is 13.2 Å². The first-order valence-electron chi connectivity index (χ1n) is 9.26. The second kappa shape index (κ2) is 7.33. The van der Waals surface area contributed by atoms with Crippen molar-refractivity contribution in [3.63, 3.8) is 0 Å². The summed E-state index contributed by atoms with van der Waals surface area (Å²) in [7, 11) is 0. The summed E-state index contributed by atoms with van der Waals surface area (Å²) < 4.78 is 6.01. The minimum atomic E-state index is -0.362. The summed E-state index contributed by atoms with van der Waals surface area (Å²) in [6.45, 7) is 3.21. The van der Waals surface area contributed by atoms with E-state index in [1.54, 1.807) is 0 Å². The van der Waals surface area contributed by atoms with E-state index in [-0.39, 0.29) is 12.1 Å². The zero-order valence-electron chi connectivity index (χ0n) is 14.4. The molecule has 0 aliphatic heterocycles. The molecule has 0 saturated heterocycles. The molecule has 3 nitrogen and oxygen atoms in total. The molecule has 23 heavy (non-hydrogen) atoms. The number of hydrogen-bond acceptors (Lipinski definition) is 3. The number of rotatable bonds is 6. The number of aliphatic hydroxyl groups is 1. The van der Waals surface area contributed by atoms with E-state index in [2.05, 4.69) is 25.1 Å². The molecule has 128 valence electrons. The highest BCUT2D eigenvalue weighted by Crippen LogP contribution is 2.40. The summed E-state index contributed by atoms with van der Waals surface area (Å²) in [4.78, 5) is 0. The van der Waals surface area contributed by atoms with E-state index in [0.29, 0.717) is 12.0 Å². The van der Waals surface area contributed by atoms with Crippen molar-refractivity contribution in [1.29, 1.82) is 0 Å². The Bertz CT molecular complexity index is 530. The number of unbranched alkanes of at least 4 members (excludes halogenated alkanes) is 1. The van der Waals surface area contributed by atoms with Gasteiger partial charge in [-0.1, -0.05) is 31.5 Å². The quantitative estimate of drug-likeness (QED) is 0.791. The van der Waals surface area contributed by atoms with Gasteiger partial charge >= 0.3 is 0 Å². The Morgan fingerprint density at radius 3 is 2.91 bits per heavy atom. The first kappa shape index (κ1) is 16.9. The smallest absolute Gasteiger partial charge is 0.0618 e. The van der Waals surface area contributed by atoms with Crippen LogP contribution in [0.2, 0.25) is 0 Å². The first-order valence-corrected chi connectivity index (χ1v) is 9.26. The van der Waals surface area contributed by atoms with Crippen molar-refractivity contribution in [3.05, 3.63) is 34.9 Å². The van der Waals surface area contributed by atoms with Gasteiger partial charge in [0.2, 0.25) is 0 Å². The van der Waals surface area contributed by atoms with Crippen molar-refractivity contribution in [2.24, 2.45) is 5.73 Å². The minimum Gasteiger partial charge on any atom is -0.394 e. The Labute approximate surface area is 140 Å². The molecule has 2 aliphatic rings. The van der Waals surface area contributed by atoms with Crippen LogP contribution in [0, 0.1) is 0 Å². The summed E-state index contributed by atoms with van der Waals surface area (Å²) in [6, 6.07) is 6.97. The predicted octanol–water partition coefficient (Wildman–Crippen LogP) is 3.32. The van der Waals surface area contributed by atoms with Crippen LogP contribution in [-0.2, 0) is 17.6 Å². The van der Waals surface area contributed by atoms with Gasteiger partial charge in [0.05, 0.1) is 12.7 Å². The number of aryl methyl sites for hydroxylation is 1. The van der Waals surface area contributed by atoms with Crippen molar-refractivity contribution in [2.45, 2.75) is 75.9 Å². The van der Waals surface area contributed by atoms with Gasteiger partial charge < -0.3 is 15.6 Å². The van der Waals surface area contributed by atoms with Crippen molar-refractivity contribution >= 4 is 0 Å². The standard InChI is InChI=1S/C20H31NO2/c1-2-3-10-23-19-7-6-15-11-16(4-5-17(15)12-19)18-8-9-20(21,13-18)14-22/h4-5,11,18-19,22H,2-3,6-10,12-14,21H2,1H3/t18-,19?,20+/m0/s1. The molecular formula is C20H31NO2. The molecule has 0 aromatic heterocycles. The van der Waals surface area contributed by atoms with Gasteiger partial charge in [0.1, 0.15) is 0 Å². The highest BCUT2D eigenvalue weighted by molar-refractivity contribution is 5.36. The molecule has 0 spiro atoms. The largest absolute Gasteiger partial charge is 0.394 e. The maximum Gasteiger partial charge on any atom is 0.0618 e. The molecular weight excluding hydrogens is 286 g/mol. The molecule has 1 aromatic carbocycles. The van der Waals surface area contributed by atoms with E-state index >= 15 is 0 Å². The SMILES string of the molecule is CCCCOC1CCc2cc([C@H]3CC[C@](N)(CO)C3)ccc2C1. The molecule has 1 aromatic rings. The van der Waals surface area contributed by atoms with Gasteiger partial charge in [0.25, 0.3) is 0 Å². The number of hydrogen-bond donors (Lipinski definition) is 2. The summed E-state index contributed by atoms with van der Waals surface area (Å²) in [6.07, 6.45) is 9.02. The topological polar surface area (TPSA) is 55.5 Å². The molecule has 1 fully saturated rings. The molecule has 3 atom stereocenters. The molecule has 0 heterocycles. The summed E-state index contributed by atoms with van der Waals surface area (Å²) in [5, 5.41) is 9.46. The predicted molar refractivity (Wildman–Crippen MR) is 93.7 cm³/mol. The van der Waals surface area contributed by atoms with Gasteiger partial charge in [-0.3, -0.25) is 0 Å². The number of ether oxygens (including phenoxy) is 1. The van der Waals surface area contributed by atoms with Crippen LogP contribution in [0.1, 0.15) is 68.1 Å². The fourth-order valence-corrected chi connectivity index (χ4v) is 4.12. The average molecular weight is 317 g/mol. The van der Waals surface area contributed by atoms with Crippen LogP contribution in [0.4, 0.5) is 0 Å². The second-order valence-electron chi connectivity index (χ2n) is 7.58. The Balaban J connectivity index is 1.63. The van der Waals surface area contributed by atoms with E-state index < -0.39 is 0 Å². The maximum atomic E-state index is 9.46. The fraction of sp³-hybridized carbons (Fsp3) is 0.700. The number of nitrogens with two attached hydrogens (primary N) is 1. The zero-order valence-corrected chi connectivity index (χ0v) is 14.4. The molecule has 3 heteroatoms. The number of benzene rings is 1. The molecule has 1 unspecified atom stereocenters. The van der Waals surface area contributed by atoms with Gasteiger partial charge in [-0.05, 0) is 67.6 Å². The minimum absolute atomic E-state index is 0.102. The van der Waals surface area contributed by atoms with Crippen molar-refractivity contribution in [1.82, 2.24) is 0 Å². The Morgan fingerprint density at radius 1 is 1.30 bits per heavy atom. The Kier molecular flexibility index (Phi) is 5.40. The first-order chi connectivity index (χ1) is 11.1. The molecule has 0 amide bonds. The van der Waals surface area contributed by atoms with Crippen LogP contribution in [0.3, 0.4) is 0 Å². The van der Waals surface area contributed by atoms with Crippen LogP contribution in [-0.4, -0.2) is 30.0 Å². The highest BCUT2D eigenvalue weighted by Gasteiger charge is 2.36. The fourth-order valence-electron chi connectivity index (χ4n) is 4.12. The molecule has 3 rings (SSSR count). The van der Waals surface area contributed by atoms with E-state index in [0.717, 1.165) is 51.6 Å². The van der Waals surface area contributed by atoms with E-state index in [4.69, 9.17) is 10.5 Å². The van der Waals surface area contributed by atoms with Crippen LogP contribution >= 0.6 is 0 Å². The van der Waals surface area contributed by atoms with Gasteiger partial charge in [-0.2, -0.15) is 0 Å². The van der Waals surface area contributed by atoms with Crippen LogP contribution in [0.15, 0.2) is 18.2 Å². The third-order valence-corrected chi connectivity index (χ3v) is 5.69. The highest BCUT2D eigenvalue weighted by atomic mass is 16.5. The molecule has 2 aliphatic carbocycles. The lowest BCUT2D eigenvalue weighted by atomic mass is 9.85. The Morgan fingerprint density at radius 2 is 2.17 bits per heavy atom. The summed E-state index contributed by atoms with van der Waals surface area (Å²) >= 11 is 0. The van der Waals surface area contributed by atoms with Crippen molar-refractivity contribution < 1.29 is 9.84 Å². The molecule has 0 bridgehead atoms. The van der Waals surface area contributed by atoms with E-state index in [1.807, 2.05) is 0 Å². The molecule has 1 saturated carbocycles. The van der Waals surface area contributed by atoms with Gasteiger partial charge in [-0.25, -0.2) is 0 Å². The summed E-state index contributed by atoms with van der Waals surface area (Å²) in [5.41, 5.74) is 10.2. The maximum absolute atomic E-state index is 9.46. The lowest BCUT2D eigenvalue weighted by Crippen LogP contribution is -2.40. The number of fused-ring (bicyclic) bond motifs is 1. The van der Waals surface area contributed by atoms with E-state index in [1.165, 1.54) is 23.1 Å². The summed E-state index contributed by atoms with van der Waals surface area (Å²) in [5.74, 6) is 0.510. The normalized spacial score (nSPS) is 30.4. The molecule has 3 N–H and O–H groups in total. The number of aliphatic hydroxyl groups excluding tert-OH is 1. The third-order valence-electron chi connectivity index (χ3n) is 5.69. The lowest BCUT2D eigenvalue weighted by Gasteiger charge is -2.26. The van der Waals surface area contributed by atoms with Crippen LogP contribution in [0.5, 0.6) is 0 Å². The van der Waals surface area contributed by atoms with Gasteiger partial charge in [-0.15, -0.1) is 0 Å². The van der Waals surface area contributed by atoms with Crippen LogP contribution in [0.25, 0.3) is 0 Å². The second-order valence-corrected chi connectivity index (χ2v) is 7.58. The average Bonchev–Trinajstić information content (AvgIpc) is 2.98. The van der Waals surface area contributed by atoms with Gasteiger partial charge in [0.15, 0.2) is 0 Å². The molecule has 0 radical (unpaired) electrons. The van der Waals surface area contributed by atoms with E-state index in [9.17, 15) is 5.11 Å². The zero-order chi connectivity index (χ0) is 16.3.